The summed E-state index contributed by atoms with van der Waals surface area (Å²) in [5.74, 6) is -5.29. The van der Waals surface area contributed by atoms with Crippen LogP contribution in [-0.2, 0) is 25.5 Å². The van der Waals surface area contributed by atoms with Gasteiger partial charge in [0.05, 0.1) is 0 Å². The average molecular weight is 393 g/mol. The third-order valence-corrected chi connectivity index (χ3v) is 4.98. The molecular formula is C20H24FNO6. The predicted octanol–water partition coefficient (Wildman–Crippen LogP) is 2.39. The number of rotatable bonds is 1. The van der Waals surface area contributed by atoms with E-state index in [1.807, 2.05) is 0 Å². The molecule has 3 atom stereocenters. The van der Waals surface area contributed by atoms with E-state index in [1.54, 1.807) is 20.0 Å². The van der Waals surface area contributed by atoms with Crippen molar-refractivity contribution in [2.75, 3.05) is 12.4 Å². The molecular weight excluding hydrogens is 369 g/mol. The number of anilines is 1. The number of carbonyl (C=O) groups is 4. The van der Waals surface area contributed by atoms with Gasteiger partial charge in [0.25, 0.3) is 5.78 Å². The highest BCUT2D eigenvalue weighted by molar-refractivity contribution is 6.64. The third-order valence-electron chi connectivity index (χ3n) is 4.98. The molecule has 2 N–H and O–H groups in total. The fourth-order valence-corrected chi connectivity index (χ4v) is 3.06. The maximum atomic E-state index is 14.2. The lowest BCUT2D eigenvalue weighted by atomic mass is 9.93. The van der Waals surface area contributed by atoms with Gasteiger partial charge >= 0.3 is 5.97 Å². The number of hydrogen-bond donors (Lipinski definition) is 2. The lowest BCUT2D eigenvalue weighted by Gasteiger charge is -2.23. The zero-order chi connectivity index (χ0) is 21.0. The molecule has 0 spiro atoms. The van der Waals surface area contributed by atoms with Crippen molar-refractivity contribution < 1.29 is 33.4 Å². The van der Waals surface area contributed by atoms with E-state index in [9.17, 15) is 28.7 Å². The molecule has 0 bridgehead atoms. The lowest BCUT2D eigenvalue weighted by Crippen LogP contribution is -2.34. The number of alkyl halides is 1. The van der Waals surface area contributed by atoms with E-state index >= 15 is 0 Å². The molecule has 1 aliphatic heterocycles. The van der Waals surface area contributed by atoms with Gasteiger partial charge < -0.3 is 15.2 Å². The highest BCUT2D eigenvalue weighted by Crippen LogP contribution is 2.30. The molecule has 28 heavy (non-hydrogen) atoms. The second-order valence-corrected chi connectivity index (χ2v) is 7.04. The first kappa shape index (κ1) is 21.5. The molecule has 0 fully saturated rings. The number of aromatic hydroxyl groups is 1. The summed E-state index contributed by atoms with van der Waals surface area (Å²) < 4.78 is 19.5. The topological polar surface area (TPSA) is 110 Å². The minimum atomic E-state index is -2.13. The molecule has 1 aromatic carbocycles. The van der Waals surface area contributed by atoms with E-state index in [0.29, 0.717) is 11.3 Å². The number of nitrogens with one attached hydrogen (secondary N) is 1. The van der Waals surface area contributed by atoms with Gasteiger partial charge in [0.15, 0.2) is 6.17 Å². The molecule has 0 aliphatic carbocycles. The average Bonchev–Trinajstić information content (AvgIpc) is 2.65. The molecule has 0 saturated heterocycles. The summed E-state index contributed by atoms with van der Waals surface area (Å²) in [6, 6.07) is 3.02. The van der Waals surface area contributed by atoms with E-state index in [0.717, 1.165) is 0 Å². The summed E-state index contributed by atoms with van der Waals surface area (Å²) in [5.41, 5.74) is 0.979. The number of phenols is 1. The van der Waals surface area contributed by atoms with E-state index in [2.05, 4.69) is 5.32 Å². The van der Waals surface area contributed by atoms with Crippen LogP contribution >= 0.6 is 0 Å². The number of phenolic OH excluding ortho intramolecular Hbond substituents is 1. The Balaban J connectivity index is 2.43. The SMILES string of the molecule is CNc1cc(O)c2c(c1)CCCC(=O)C(=O)C(=O)C(F)C[C@H](C)[C@H](C)OC2=O. The molecule has 0 saturated carbocycles. The third kappa shape index (κ3) is 4.74. The minimum absolute atomic E-state index is 0.0261. The fourth-order valence-electron chi connectivity index (χ4n) is 3.06. The lowest BCUT2D eigenvalue weighted by molar-refractivity contribution is -0.146. The summed E-state index contributed by atoms with van der Waals surface area (Å²) in [7, 11) is 1.65. The van der Waals surface area contributed by atoms with Crippen LogP contribution in [0.1, 0.15) is 49.0 Å². The molecule has 0 aromatic heterocycles. The van der Waals surface area contributed by atoms with Crippen LogP contribution in [0.25, 0.3) is 0 Å². The number of ether oxygens (including phenoxy) is 1. The maximum Gasteiger partial charge on any atom is 0.342 e. The molecule has 2 rings (SSSR count). The van der Waals surface area contributed by atoms with Crippen molar-refractivity contribution in [1.29, 1.82) is 0 Å². The van der Waals surface area contributed by atoms with E-state index in [-0.39, 0.29) is 37.0 Å². The molecule has 7 nitrogen and oxygen atoms in total. The first-order chi connectivity index (χ1) is 13.1. The summed E-state index contributed by atoms with van der Waals surface area (Å²) in [6.07, 6.45) is -3.19. The Hall–Kier alpha value is -2.77. The van der Waals surface area contributed by atoms with Gasteiger partial charge in [-0.05, 0) is 43.7 Å². The normalized spacial score (nSPS) is 24.9. The molecule has 1 aliphatic rings. The Morgan fingerprint density at radius 1 is 1.14 bits per heavy atom. The quantitative estimate of drug-likeness (QED) is 0.557. The van der Waals surface area contributed by atoms with Crippen molar-refractivity contribution >= 4 is 29.0 Å². The van der Waals surface area contributed by atoms with Crippen LogP contribution in [0.2, 0.25) is 0 Å². The maximum absolute atomic E-state index is 14.2. The Morgan fingerprint density at radius 2 is 1.82 bits per heavy atom. The number of halogens is 1. The Labute approximate surface area is 162 Å². The molecule has 0 radical (unpaired) electrons. The zero-order valence-electron chi connectivity index (χ0n) is 16.1. The number of cyclic esters (lactones) is 1. The Kier molecular flexibility index (Phi) is 6.88. The zero-order valence-corrected chi connectivity index (χ0v) is 16.1. The first-order valence-corrected chi connectivity index (χ1v) is 9.15. The monoisotopic (exact) mass is 393 g/mol. The highest BCUT2D eigenvalue weighted by atomic mass is 19.1. The summed E-state index contributed by atoms with van der Waals surface area (Å²) >= 11 is 0. The van der Waals surface area contributed by atoms with Gasteiger partial charge in [-0.1, -0.05) is 6.92 Å². The molecule has 1 aromatic rings. The van der Waals surface area contributed by atoms with Gasteiger partial charge in [-0.15, -0.1) is 0 Å². The number of benzene rings is 1. The summed E-state index contributed by atoms with van der Waals surface area (Å²) in [6.45, 7) is 3.11. The van der Waals surface area contributed by atoms with E-state index < -0.39 is 41.5 Å². The first-order valence-electron chi connectivity index (χ1n) is 9.15. The summed E-state index contributed by atoms with van der Waals surface area (Å²) in [4.78, 5) is 48.4. The summed E-state index contributed by atoms with van der Waals surface area (Å²) in [5, 5.41) is 13.2. The predicted molar refractivity (Wildman–Crippen MR) is 99.2 cm³/mol. The molecule has 8 heteroatoms. The number of fused-ring (bicyclic) bond motifs is 1. The second kappa shape index (κ2) is 8.95. The molecule has 1 heterocycles. The number of esters is 1. The number of aryl methyl sites for hydroxylation is 1. The van der Waals surface area contributed by atoms with Gasteiger partial charge in [0, 0.05) is 25.2 Å². The van der Waals surface area contributed by atoms with Crippen molar-refractivity contribution in [2.45, 2.75) is 51.8 Å². The Morgan fingerprint density at radius 3 is 2.46 bits per heavy atom. The van der Waals surface area contributed by atoms with Gasteiger partial charge in [0.1, 0.15) is 17.4 Å². The number of ketones is 3. The number of hydrogen-bond acceptors (Lipinski definition) is 7. The Bertz CT molecular complexity index is 806. The highest BCUT2D eigenvalue weighted by Gasteiger charge is 2.33. The van der Waals surface area contributed by atoms with Crippen LogP contribution in [-0.4, -0.2) is 47.7 Å². The van der Waals surface area contributed by atoms with Gasteiger partial charge in [0.2, 0.25) is 11.6 Å². The van der Waals surface area contributed by atoms with Crippen LogP contribution in [0.5, 0.6) is 5.75 Å². The van der Waals surface area contributed by atoms with Gasteiger partial charge in [-0.25, -0.2) is 9.18 Å². The van der Waals surface area contributed by atoms with Gasteiger partial charge in [-0.3, -0.25) is 14.4 Å². The van der Waals surface area contributed by atoms with Crippen LogP contribution in [0.4, 0.5) is 10.1 Å². The number of Topliss-reactive ketones (excluding diaryl/α,β-unsaturated/α-hetero) is 3. The van der Waals surface area contributed by atoms with Crippen molar-refractivity contribution in [3.8, 4) is 5.75 Å². The van der Waals surface area contributed by atoms with Crippen molar-refractivity contribution in [3.05, 3.63) is 23.3 Å². The van der Waals surface area contributed by atoms with Crippen LogP contribution < -0.4 is 5.32 Å². The van der Waals surface area contributed by atoms with Crippen LogP contribution in [0.15, 0.2) is 12.1 Å². The second-order valence-electron chi connectivity index (χ2n) is 7.04. The fraction of sp³-hybridized carbons (Fsp3) is 0.500. The van der Waals surface area contributed by atoms with Crippen molar-refractivity contribution in [2.24, 2.45) is 5.92 Å². The molecule has 0 amide bonds. The van der Waals surface area contributed by atoms with E-state index in [1.165, 1.54) is 13.0 Å². The molecule has 1 unspecified atom stereocenters. The van der Waals surface area contributed by atoms with Crippen LogP contribution in [0.3, 0.4) is 0 Å². The molecule has 152 valence electrons. The van der Waals surface area contributed by atoms with E-state index in [4.69, 9.17) is 4.74 Å². The number of carbonyl (C=O) groups excluding carboxylic acids is 4. The smallest absolute Gasteiger partial charge is 0.342 e. The van der Waals surface area contributed by atoms with Crippen LogP contribution in [0, 0.1) is 5.92 Å². The van der Waals surface area contributed by atoms with Crippen molar-refractivity contribution in [1.82, 2.24) is 0 Å². The van der Waals surface area contributed by atoms with Gasteiger partial charge in [-0.2, -0.15) is 0 Å². The van der Waals surface area contributed by atoms with Crippen molar-refractivity contribution in [3.63, 3.8) is 0 Å². The standard InChI is InChI=1S/C20H24FNO6/c1-10-7-14(21)18(25)19(26)15(23)6-4-5-12-8-13(22-3)9-16(24)17(12)20(27)28-11(10)2/h8-11,14,22,24H,4-7H2,1-3H3/t10-,11-,14?/m0/s1. The minimum Gasteiger partial charge on any atom is -0.507 e. The largest absolute Gasteiger partial charge is 0.507 e.